The first-order chi connectivity index (χ1) is 12.6. The molecule has 2 aromatic rings. The number of phenols is 1. The Balaban J connectivity index is 0.00000261. The van der Waals surface area contributed by atoms with Crippen molar-refractivity contribution < 1.29 is 22.0 Å². The van der Waals surface area contributed by atoms with Gasteiger partial charge >= 0.3 is 0 Å². The van der Waals surface area contributed by atoms with Crippen molar-refractivity contribution in [3.05, 3.63) is 77.9 Å². The number of phenolic OH excluding ortho intramolecular Hbond substituents is 1. The molecule has 1 atom stereocenters. The van der Waals surface area contributed by atoms with Crippen molar-refractivity contribution in [1.82, 2.24) is 0 Å². The second kappa shape index (κ2) is 9.96. The topological polar surface area (TPSA) is 20.2 Å². The Labute approximate surface area is 170 Å². The van der Waals surface area contributed by atoms with Gasteiger partial charge in [0.15, 0.2) is 0 Å². The lowest BCUT2D eigenvalue weighted by Crippen LogP contribution is -3.00. The van der Waals surface area contributed by atoms with Crippen LogP contribution in [0.1, 0.15) is 48.3 Å². The highest BCUT2D eigenvalue weighted by atomic mass is 35.5. The van der Waals surface area contributed by atoms with Crippen molar-refractivity contribution in [1.29, 1.82) is 0 Å². The molecule has 1 fully saturated rings. The third kappa shape index (κ3) is 5.37. The van der Waals surface area contributed by atoms with Gasteiger partial charge in [-0.05, 0) is 43.9 Å². The van der Waals surface area contributed by atoms with Crippen LogP contribution in [-0.2, 0) is 0 Å². The van der Waals surface area contributed by atoms with Crippen LogP contribution >= 0.6 is 0 Å². The molecule has 146 valence electrons. The molecule has 1 unspecified atom stereocenters. The number of likely N-dealkylation sites (tertiary alicyclic amines) is 1. The number of piperidine rings is 1. The van der Waals surface area contributed by atoms with Crippen LogP contribution in [0.2, 0.25) is 0 Å². The molecule has 1 aliphatic rings. The second-order valence-corrected chi connectivity index (χ2v) is 7.86. The Morgan fingerprint density at radius 1 is 1.07 bits per heavy atom. The van der Waals surface area contributed by atoms with Crippen LogP contribution < -0.4 is 12.4 Å². The molecule has 0 radical (unpaired) electrons. The lowest BCUT2D eigenvalue weighted by molar-refractivity contribution is -0.927. The first-order valence-electron chi connectivity index (χ1n) is 9.94. The van der Waals surface area contributed by atoms with E-state index in [0.29, 0.717) is 5.75 Å². The first kappa shape index (κ1) is 21.5. The molecule has 2 nitrogen and oxygen atoms in total. The van der Waals surface area contributed by atoms with Gasteiger partial charge in [-0.1, -0.05) is 54.6 Å². The zero-order valence-corrected chi connectivity index (χ0v) is 17.2. The van der Waals surface area contributed by atoms with Crippen molar-refractivity contribution in [2.45, 2.75) is 38.5 Å². The molecule has 1 N–H and O–H groups in total. The Kier molecular flexibility index (Phi) is 7.94. The molecule has 3 heteroatoms. The summed E-state index contributed by atoms with van der Waals surface area (Å²) in [5, 5.41) is 10.5. The van der Waals surface area contributed by atoms with E-state index in [2.05, 4.69) is 56.0 Å². The fraction of sp³-hybridized carbons (Fsp3) is 0.417. The van der Waals surface area contributed by atoms with Gasteiger partial charge < -0.3 is 22.0 Å². The summed E-state index contributed by atoms with van der Waals surface area (Å²) in [5.74, 6) is 0.649. The average Bonchev–Trinajstić information content (AvgIpc) is 2.66. The van der Waals surface area contributed by atoms with E-state index in [1.54, 1.807) is 0 Å². The Hall–Kier alpha value is -1.77. The van der Waals surface area contributed by atoms with E-state index in [1.807, 2.05) is 12.1 Å². The highest BCUT2D eigenvalue weighted by Crippen LogP contribution is 2.35. The number of hydrogen-bond acceptors (Lipinski definition) is 1. The molecular weight excluding hydrogens is 354 g/mol. The summed E-state index contributed by atoms with van der Waals surface area (Å²) in [6.07, 6.45) is 7.14. The first-order valence-corrected chi connectivity index (χ1v) is 9.94. The number of hydrogen-bond donors (Lipinski definition) is 1. The quantitative estimate of drug-likeness (QED) is 0.573. The van der Waals surface area contributed by atoms with Crippen LogP contribution in [0.3, 0.4) is 0 Å². The monoisotopic (exact) mass is 385 g/mol. The van der Waals surface area contributed by atoms with Gasteiger partial charge in [-0.15, -0.1) is 0 Å². The number of rotatable bonds is 7. The van der Waals surface area contributed by atoms with E-state index in [4.69, 9.17) is 0 Å². The summed E-state index contributed by atoms with van der Waals surface area (Å²) in [6, 6.07) is 16.6. The third-order valence-electron chi connectivity index (χ3n) is 5.93. The van der Waals surface area contributed by atoms with Gasteiger partial charge in [0.25, 0.3) is 0 Å². The van der Waals surface area contributed by atoms with E-state index in [1.165, 1.54) is 43.5 Å². The van der Waals surface area contributed by atoms with Crippen molar-refractivity contribution in [2.75, 3.05) is 26.2 Å². The number of nitrogens with zero attached hydrogens (tertiary/aromatic N) is 1. The number of aromatic hydroxyl groups is 1. The summed E-state index contributed by atoms with van der Waals surface area (Å²) >= 11 is 0. The van der Waals surface area contributed by atoms with Crippen molar-refractivity contribution in [3.63, 3.8) is 0 Å². The fourth-order valence-corrected chi connectivity index (χ4v) is 4.50. The molecule has 1 aliphatic heterocycles. The van der Waals surface area contributed by atoms with E-state index >= 15 is 0 Å². The summed E-state index contributed by atoms with van der Waals surface area (Å²) in [7, 11) is 0. The predicted molar refractivity (Wildman–Crippen MR) is 110 cm³/mol. The minimum Gasteiger partial charge on any atom is -1.00 e. The smallest absolute Gasteiger partial charge is 0.119 e. The molecule has 0 aliphatic carbocycles. The standard InChI is InChI=1S/C24H31NO.ClH/c1-3-15-25(16-8-5-9-17-25)18-14-22(21-10-6-4-7-11-21)23-19-20(2)12-13-24(23)26;/h3-4,6-7,10-13,19,22H,1,5,8-9,14-18H2,2H3;1H. The van der Waals surface area contributed by atoms with Gasteiger partial charge in [0.1, 0.15) is 5.75 Å². The molecule has 0 aromatic heterocycles. The summed E-state index contributed by atoms with van der Waals surface area (Å²) in [5.41, 5.74) is 3.55. The van der Waals surface area contributed by atoms with Crippen molar-refractivity contribution >= 4 is 0 Å². The second-order valence-electron chi connectivity index (χ2n) is 7.86. The van der Waals surface area contributed by atoms with Gasteiger partial charge in [0, 0.05) is 17.9 Å². The van der Waals surface area contributed by atoms with Crippen LogP contribution in [0.25, 0.3) is 0 Å². The van der Waals surface area contributed by atoms with Crippen LogP contribution in [0, 0.1) is 6.92 Å². The van der Waals surface area contributed by atoms with Crippen molar-refractivity contribution in [2.24, 2.45) is 0 Å². The van der Waals surface area contributed by atoms with E-state index < -0.39 is 0 Å². The van der Waals surface area contributed by atoms with Crippen LogP contribution in [0.15, 0.2) is 61.2 Å². The minimum atomic E-state index is 0. The molecule has 2 aromatic carbocycles. The molecule has 0 amide bonds. The van der Waals surface area contributed by atoms with Crippen LogP contribution in [0.4, 0.5) is 0 Å². The third-order valence-corrected chi connectivity index (χ3v) is 5.93. The van der Waals surface area contributed by atoms with E-state index in [-0.39, 0.29) is 18.3 Å². The maximum Gasteiger partial charge on any atom is 0.119 e. The van der Waals surface area contributed by atoms with Crippen LogP contribution in [0.5, 0.6) is 5.75 Å². The number of halogens is 1. The van der Waals surface area contributed by atoms with Gasteiger partial charge in [-0.25, -0.2) is 0 Å². The van der Waals surface area contributed by atoms with Gasteiger partial charge in [-0.2, -0.15) is 0 Å². The Morgan fingerprint density at radius 2 is 1.78 bits per heavy atom. The highest BCUT2D eigenvalue weighted by molar-refractivity contribution is 5.43. The van der Waals surface area contributed by atoms with Gasteiger partial charge in [-0.3, -0.25) is 0 Å². The zero-order valence-electron chi connectivity index (χ0n) is 16.4. The molecule has 27 heavy (non-hydrogen) atoms. The molecule has 1 saturated heterocycles. The molecular formula is C24H32ClNO. The highest BCUT2D eigenvalue weighted by Gasteiger charge is 2.30. The van der Waals surface area contributed by atoms with E-state index in [0.717, 1.165) is 29.6 Å². The summed E-state index contributed by atoms with van der Waals surface area (Å²) < 4.78 is 1.15. The fourth-order valence-electron chi connectivity index (χ4n) is 4.50. The maximum atomic E-state index is 10.5. The van der Waals surface area contributed by atoms with Gasteiger partial charge in [0.05, 0.1) is 26.2 Å². The van der Waals surface area contributed by atoms with Crippen LogP contribution in [-0.4, -0.2) is 35.8 Å². The van der Waals surface area contributed by atoms with E-state index in [9.17, 15) is 5.11 Å². The number of aryl methyl sites for hydroxylation is 1. The van der Waals surface area contributed by atoms with Gasteiger partial charge in [0.2, 0.25) is 0 Å². The molecule has 0 spiro atoms. The minimum absolute atomic E-state index is 0. The molecule has 0 saturated carbocycles. The maximum absolute atomic E-state index is 10.5. The molecule has 0 bridgehead atoms. The molecule has 1 heterocycles. The molecule has 3 rings (SSSR count). The SMILES string of the molecule is C=CC[N+]1(CCC(c2ccccc2)c2cc(C)ccc2O)CCCCC1.[Cl-]. The number of benzene rings is 2. The Bertz CT molecular complexity index is 722. The predicted octanol–water partition coefficient (Wildman–Crippen LogP) is 2.41. The average molecular weight is 386 g/mol. The lowest BCUT2D eigenvalue weighted by atomic mass is 9.86. The number of quaternary nitrogens is 1. The Morgan fingerprint density at radius 3 is 2.44 bits per heavy atom. The summed E-state index contributed by atoms with van der Waals surface area (Å²) in [6.45, 7) is 10.8. The largest absolute Gasteiger partial charge is 1.00 e. The zero-order chi connectivity index (χ0) is 18.4. The lowest BCUT2D eigenvalue weighted by Gasteiger charge is -2.41. The summed E-state index contributed by atoms with van der Waals surface area (Å²) in [4.78, 5) is 0. The van der Waals surface area contributed by atoms with Crippen molar-refractivity contribution in [3.8, 4) is 5.75 Å². The normalized spacial score (nSPS) is 16.9.